The maximum Gasteiger partial charge on any atom is 0.223 e. The van der Waals surface area contributed by atoms with E-state index in [0.29, 0.717) is 19.6 Å². The number of likely N-dealkylation sites (tertiary alicyclic amines) is 1. The van der Waals surface area contributed by atoms with Crippen molar-refractivity contribution in [3.63, 3.8) is 0 Å². The Hall–Kier alpha value is -0.610. The Morgan fingerprint density at radius 1 is 1.64 bits per heavy atom. The molecule has 4 heteroatoms. The minimum absolute atomic E-state index is 0.259. The van der Waals surface area contributed by atoms with Gasteiger partial charge in [-0.2, -0.15) is 0 Å². The minimum atomic E-state index is 0.259. The lowest BCUT2D eigenvalue weighted by atomic mass is 10.4. The zero-order valence-electron chi connectivity index (χ0n) is 6.68. The molecule has 64 valence electrons. The van der Waals surface area contributed by atoms with Crippen molar-refractivity contribution < 1.29 is 4.79 Å². The second-order valence-electron chi connectivity index (χ2n) is 2.71. The standard InChI is InChI=1S/C7H15N3O/c8-3-4-9-6-10-5-1-2-7(10)11/h9H,1-6,8H2. The highest BCUT2D eigenvalue weighted by Crippen LogP contribution is 2.07. The van der Waals surface area contributed by atoms with Gasteiger partial charge in [-0.05, 0) is 6.42 Å². The molecule has 1 saturated heterocycles. The van der Waals surface area contributed by atoms with E-state index in [4.69, 9.17) is 5.73 Å². The average molecular weight is 157 g/mol. The molecule has 0 saturated carbocycles. The van der Waals surface area contributed by atoms with Crippen LogP contribution in [-0.2, 0) is 4.79 Å². The lowest BCUT2D eigenvalue weighted by Gasteiger charge is -2.15. The van der Waals surface area contributed by atoms with Crippen molar-refractivity contribution in [2.24, 2.45) is 5.73 Å². The van der Waals surface area contributed by atoms with Gasteiger partial charge in [-0.1, -0.05) is 0 Å². The Kier molecular flexibility index (Phi) is 3.32. The second-order valence-corrected chi connectivity index (χ2v) is 2.71. The fourth-order valence-corrected chi connectivity index (χ4v) is 1.19. The molecule has 1 amide bonds. The van der Waals surface area contributed by atoms with E-state index in [1.54, 1.807) is 0 Å². The third-order valence-corrected chi connectivity index (χ3v) is 1.80. The lowest BCUT2D eigenvalue weighted by molar-refractivity contribution is -0.127. The third-order valence-electron chi connectivity index (χ3n) is 1.80. The number of nitrogens with two attached hydrogens (primary N) is 1. The summed E-state index contributed by atoms with van der Waals surface area (Å²) in [5.74, 6) is 0.259. The highest BCUT2D eigenvalue weighted by Gasteiger charge is 2.18. The van der Waals surface area contributed by atoms with Gasteiger partial charge in [-0.3, -0.25) is 10.1 Å². The van der Waals surface area contributed by atoms with Crippen LogP contribution in [0.25, 0.3) is 0 Å². The molecule has 0 aliphatic carbocycles. The zero-order valence-corrected chi connectivity index (χ0v) is 6.68. The highest BCUT2D eigenvalue weighted by molar-refractivity contribution is 5.77. The van der Waals surface area contributed by atoms with Gasteiger partial charge in [0.25, 0.3) is 0 Å². The van der Waals surface area contributed by atoms with E-state index in [9.17, 15) is 4.79 Å². The van der Waals surface area contributed by atoms with Crippen LogP contribution in [0.3, 0.4) is 0 Å². The van der Waals surface area contributed by atoms with Gasteiger partial charge in [0.1, 0.15) is 0 Å². The normalized spacial score (nSPS) is 17.9. The zero-order chi connectivity index (χ0) is 8.10. The van der Waals surface area contributed by atoms with Gasteiger partial charge in [-0.25, -0.2) is 0 Å². The fraction of sp³-hybridized carbons (Fsp3) is 0.857. The first-order valence-electron chi connectivity index (χ1n) is 4.03. The Bertz CT molecular complexity index is 138. The first-order chi connectivity index (χ1) is 5.34. The third kappa shape index (κ3) is 2.48. The van der Waals surface area contributed by atoms with Gasteiger partial charge in [0.2, 0.25) is 5.91 Å². The van der Waals surface area contributed by atoms with Crippen LogP contribution in [0.1, 0.15) is 12.8 Å². The summed E-state index contributed by atoms with van der Waals surface area (Å²) < 4.78 is 0. The maximum absolute atomic E-state index is 11.0. The van der Waals surface area contributed by atoms with Crippen LogP contribution in [0.4, 0.5) is 0 Å². The minimum Gasteiger partial charge on any atom is -0.330 e. The van der Waals surface area contributed by atoms with Gasteiger partial charge < -0.3 is 10.6 Å². The summed E-state index contributed by atoms with van der Waals surface area (Å²) in [6.45, 7) is 2.97. The molecule has 0 atom stereocenters. The average Bonchev–Trinajstić information content (AvgIpc) is 2.37. The molecule has 0 unspecified atom stereocenters. The summed E-state index contributed by atoms with van der Waals surface area (Å²) in [4.78, 5) is 12.9. The number of nitrogens with one attached hydrogen (secondary N) is 1. The summed E-state index contributed by atoms with van der Waals surface area (Å²) in [6, 6.07) is 0. The number of rotatable bonds is 4. The molecule has 3 N–H and O–H groups in total. The predicted molar refractivity (Wildman–Crippen MR) is 42.9 cm³/mol. The van der Waals surface area contributed by atoms with E-state index in [0.717, 1.165) is 19.5 Å². The van der Waals surface area contributed by atoms with Crippen LogP contribution in [0.15, 0.2) is 0 Å². The molecule has 0 spiro atoms. The van der Waals surface area contributed by atoms with E-state index in [1.807, 2.05) is 4.90 Å². The van der Waals surface area contributed by atoms with Crippen molar-refractivity contribution in [1.29, 1.82) is 0 Å². The van der Waals surface area contributed by atoms with Crippen LogP contribution in [-0.4, -0.2) is 37.1 Å². The van der Waals surface area contributed by atoms with Gasteiger partial charge in [0.15, 0.2) is 0 Å². The monoisotopic (exact) mass is 157 g/mol. The summed E-state index contributed by atoms with van der Waals surface area (Å²) in [5.41, 5.74) is 5.28. The summed E-state index contributed by atoms with van der Waals surface area (Å²) in [5, 5.41) is 3.09. The van der Waals surface area contributed by atoms with Gasteiger partial charge >= 0.3 is 0 Å². The molecule has 0 bridgehead atoms. The molecule has 1 fully saturated rings. The number of hydrogen-bond donors (Lipinski definition) is 2. The Labute approximate surface area is 66.7 Å². The van der Waals surface area contributed by atoms with Crippen LogP contribution < -0.4 is 11.1 Å². The predicted octanol–water partition coefficient (Wildman–Crippen LogP) is -0.885. The molecule has 11 heavy (non-hydrogen) atoms. The summed E-state index contributed by atoms with van der Waals surface area (Å²) in [7, 11) is 0. The van der Waals surface area contributed by atoms with Gasteiger partial charge in [-0.15, -0.1) is 0 Å². The van der Waals surface area contributed by atoms with Crippen LogP contribution in [0, 0.1) is 0 Å². The van der Waals surface area contributed by atoms with Crippen LogP contribution >= 0.6 is 0 Å². The topological polar surface area (TPSA) is 58.4 Å². The van der Waals surface area contributed by atoms with Crippen LogP contribution in [0.5, 0.6) is 0 Å². The van der Waals surface area contributed by atoms with Crippen molar-refractivity contribution >= 4 is 5.91 Å². The molecule has 0 aromatic carbocycles. The fourth-order valence-electron chi connectivity index (χ4n) is 1.19. The largest absolute Gasteiger partial charge is 0.330 e. The van der Waals surface area contributed by atoms with Crippen LogP contribution in [0.2, 0.25) is 0 Å². The molecule has 1 aliphatic rings. The summed E-state index contributed by atoms with van der Waals surface area (Å²) >= 11 is 0. The molecule has 1 aliphatic heterocycles. The maximum atomic E-state index is 11.0. The number of carbonyl (C=O) groups excluding carboxylic acids is 1. The molecular formula is C7H15N3O. The summed E-state index contributed by atoms with van der Waals surface area (Å²) in [6.07, 6.45) is 1.72. The number of hydrogen-bond acceptors (Lipinski definition) is 3. The number of carbonyl (C=O) groups is 1. The quantitative estimate of drug-likeness (QED) is 0.521. The molecule has 1 heterocycles. The first kappa shape index (κ1) is 8.49. The van der Waals surface area contributed by atoms with Crippen molar-refractivity contribution in [2.45, 2.75) is 12.8 Å². The van der Waals surface area contributed by atoms with Gasteiger partial charge in [0.05, 0.1) is 6.67 Å². The molecule has 4 nitrogen and oxygen atoms in total. The van der Waals surface area contributed by atoms with E-state index in [2.05, 4.69) is 5.32 Å². The second kappa shape index (κ2) is 4.31. The molecule has 0 radical (unpaired) electrons. The smallest absolute Gasteiger partial charge is 0.223 e. The SMILES string of the molecule is NCCNCN1CCCC1=O. The van der Waals surface area contributed by atoms with E-state index < -0.39 is 0 Å². The Balaban J connectivity index is 2.10. The van der Waals surface area contributed by atoms with Crippen molar-refractivity contribution in [1.82, 2.24) is 10.2 Å². The highest BCUT2D eigenvalue weighted by atomic mass is 16.2. The van der Waals surface area contributed by atoms with E-state index in [-0.39, 0.29) is 5.91 Å². The number of nitrogens with zero attached hydrogens (tertiary/aromatic N) is 1. The van der Waals surface area contributed by atoms with E-state index in [1.165, 1.54) is 0 Å². The van der Waals surface area contributed by atoms with E-state index >= 15 is 0 Å². The molecule has 0 aromatic rings. The number of amides is 1. The molecule has 1 rings (SSSR count). The Morgan fingerprint density at radius 3 is 3.00 bits per heavy atom. The lowest BCUT2D eigenvalue weighted by Crippen LogP contribution is -2.37. The first-order valence-corrected chi connectivity index (χ1v) is 4.03. The van der Waals surface area contributed by atoms with Crippen molar-refractivity contribution in [3.8, 4) is 0 Å². The van der Waals surface area contributed by atoms with Gasteiger partial charge in [0, 0.05) is 26.1 Å². The molecule has 0 aromatic heterocycles. The molecular weight excluding hydrogens is 142 g/mol. The van der Waals surface area contributed by atoms with Crippen molar-refractivity contribution in [2.75, 3.05) is 26.3 Å². The van der Waals surface area contributed by atoms with Crippen molar-refractivity contribution in [3.05, 3.63) is 0 Å². The Morgan fingerprint density at radius 2 is 2.45 bits per heavy atom.